The number of benzene rings is 1. The summed E-state index contributed by atoms with van der Waals surface area (Å²) in [6, 6.07) is 5.71. The minimum absolute atomic E-state index is 0.180. The summed E-state index contributed by atoms with van der Waals surface area (Å²) in [6.45, 7) is 2.05. The maximum absolute atomic E-state index is 15.0. The van der Waals surface area contributed by atoms with E-state index in [-0.39, 0.29) is 29.7 Å². The monoisotopic (exact) mass is 491 g/mol. The van der Waals surface area contributed by atoms with Crippen molar-refractivity contribution in [3.8, 4) is 0 Å². The van der Waals surface area contributed by atoms with Crippen LogP contribution in [0.2, 0.25) is 0 Å². The van der Waals surface area contributed by atoms with Crippen molar-refractivity contribution in [1.29, 1.82) is 0 Å². The Bertz CT molecular complexity index is 1100. The van der Waals surface area contributed by atoms with Crippen LogP contribution in [0.4, 0.5) is 25.0 Å². The van der Waals surface area contributed by atoms with Crippen molar-refractivity contribution in [2.24, 2.45) is 0 Å². The summed E-state index contributed by atoms with van der Waals surface area (Å²) in [5.41, 5.74) is 0.939. The molecule has 2 aliphatic heterocycles. The van der Waals surface area contributed by atoms with Gasteiger partial charge in [0, 0.05) is 32.4 Å². The summed E-state index contributed by atoms with van der Waals surface area (Å²) < 4.78 is 38.5. The Kier molecular flexibility index (Phi) is 7.06. The molecule has 2 saturated heterocycles. The normalized spacial score (nSPS) is 18.0. The number of anilines is 2. The molecule has 0 spiro atoms. The Labute approximate surface area is 200 Å². The number of cyclic esters (lactones) is 1. The van der Waals surface area contributed by atoms with Crippen LogP contribution >= 0.6 is 12.2 Å². The Morgan fingerprint density at radius 2 is 2.00 bits per heavy atom. The number of carbonyl (C=O) groups excluding carboxylic acids is 2. The third-order valence-corrected chi connectivity index (χ3v) is 5.95. The molecule has 4 rings (SSSR count). The molecule has 0 saturated carbocycles. The number of carbonyl (C=O) groups is 2. The van der Waals surface area contributed by atoms with Gasteiger partial charge in [0.05, 0.1) is 43.3 Å². The SMILES string of the molecule is COC(=S)NC[C@H]1CN(c2ccc(N3CCN(C(=O)c4cncc(F)c4)CC3)c(F)c2)C(=O)O1. The topological polar surface area (TPSA) is 87.2 Å². The van der Waals surface area contributed by atoms with Gasteiger partial charge in [-0.2, -0.15) is 0 Å². The first-order valence-electron chi connectivity index (χ1n) is 10.6. The quantitative estimate of drug-likeness (QED) is 0.637. The number of hydrogen-bond acceptors (Lipinski definition) is 7. The second-order valence-corrected chi connectivity index (χ2v) is 8.17. The maximum atomic E-state index is 15.0. The van der Waals surface area contributed by atoms with Crippen LogP contribution < -0.4 is 15.1 Å². The Hall–Kier alpha value is -3.54. The molecule has 3 heterocycles. The van der Waals surface area contributed by atoms with E-state index < -0.39 is 23.8 Å². The molecule has 180 valence electrons. The summed E-state index contributed by atoms with van der Waals surface area (Å²) >= 11 is 4.91. The number of amides is 2. The van der Waals surface area contributed by atoms with Gasteiger partial charge in [0.1, 0.15) is 17.7 Å². The number of nitrogens with one attached hydrogen (secondary N) is 1. The van der Waals surface area contributed by atoms with Gasteiger partial charge in [0.2, 0.25) is 0 Å². The number of methoxy groups -OCH3 is 1. The average Bonchev–Trinajstić information content (AvgIpc) is 3.22. The molecule has 12 heteroatoms. The van der Waals surface area contributed by atoms with E-state index in [4.69, 9.17) is 21.7 Å². The summed E-state index contributed by atoms with van der Waals surface area (Å²) in [5, 5.41) is 3.02. The number of pyridine rings is 1. The Morgan fingerprint density at radius 1 is 1.24 bits per heavy atom. The largest absolute Gasteiger partial charge is 0.474 e. The molecule has 2 aromatic rings. The van der Waals surface area contributed by atoms with Crippen molar-refractivity contribution in [3.05, 3.63) is 53.9 Å². The van der Waals surface area contributed by atoms with Gasteiger partial charge in [-0.15, -0.1) is 0 Å². The molecule has 34 heavy (non-hydrogen) atoms. The third kappa shape index (κ3) is 5.16. The number of ether oxygens (including phenoxy) is 2. The van der Waals surface area contributed by atoms with Gasteiger partial charge < -0.3 is 24.6 Å². The summed E-state index contributed by atoms with van der Waals surface area (Å²) in [7, 11) is 1.44. The summed E-state index contributed by atoms with van der Waals surface area (Å²) in [6.07, 6.45) is 1.34. The number of hydrogen-bond donors (Lipinski definition) is 1. The molecule has 0 bridgehead atoms. The highest BCUT2D eigenvalue weighted by Crippen LogP contribution is 2.28. The zero-order chi connectivity index (χ0) is 24.2. The lowest BCUT2D eigenvalue weighted by Crippen LogP contribution is -2.49. The zero-order valence-electron chi connectivity index (χ0n) is 18.4. The zero-order valence-corrected chi connectivity index (χ0v) is 19.2. The molecule has 1 aromatic heterocycles. The highest BCUT2D eigenvalue weighted by molar-refractivity contribution is 7.80. The van der Waals surface area contributed by atoms with Crippen molar-refractivity contribution in [2.75, 3.05) is 56.2 Å². The maximum Gasteiger partial charge on any atom is 0.414 e. The van der Waals surface area contributed by atoms with E-state index in [2.05, 4.69) is 10.3 Å². The van der Waals surface area contributed by atoms with E-state index >= 15 is 0 Å². The number of aromatic nitrogens is 1. The van der Waals surface area contributed by atoms with Crippen molar-refractivity contribution in [1.82, 2.24) is 15.2 Å². The fraction of sp³-hybridized carbons (Fsp3) is 0.364. The van der Waals surface area contributed by atoms with Crippen LogP contribution in [0.25, 0.3) is 0 Å². The van der Waals surface area contributed by atoms with Gasteiger partial charge in [-0.05, 0) is 36.5 Å². The molecular formula is C22H23F2N5O4S. The lowest BCUT2D eigenvalue weighted by molar-refractivity contribution is 0.0745. The molecule has 0 aliphatic carbocycles. The van der Waals surface area contributed by atoms with Crippen LogP contribution in [0.3, 0.4) is 0 Å². The van der Waals surface area contributed by atoms with Crippen molar-refractivity contribution in [2.45, 2.75) is 6.10 Å². The Morgan fingerprint density at radius 3 is 2.68 bits per heavy atom. The van der Waals surface area contributed by atoms with Crippen molar-refractivity contribution >= 4 is 40.8 Å². The smallest absolute Gasteiger partial charge is 0.414 e. The first kappa shape index (κ1) is 23.6. The predicted molar refractivity (Wildman–Crippen MR) is 124 cm³/mol. The molecule has 9 nitrogen and oxygen atoms in total. The van der Waals surface area contributed by atoms with Gasteiger partial charge in [-0.3, -0.25) is 14.7 Å². The van der Waals surface area contributed by atoms with Crippen LogP contribution in [-0.2, 0) is 9.47 Å². The molecule has 0 unspecified atom stereocenters. The average molecular weight is 492 g/mol. The predicted octanol–water partition coefficient (Wildman–Crippen LogP) is 2.17. The number of piperazine rings is 1. The van der Waals surface area contributed by atoms with Crippen LogP contribution in [0.5, 0.6) is 0 Å². The van der Waals surface area contributed by atoms with E-state index in [1.807, 2.05) is 4.90 Å². The minimum atomic E-state index is -0.574. The van der Waals surface area contributed by atoms with E-state index in [0.717, 1.165) is 12.3 Å². The van der Waals surface area contributed by atoms with Crippen LogP contribution in [-0.4, -0.2) is 79.5 Å². The van der Waals surface area contributed by atoms with E-state index in [9.17, 15) is 18.4 Å². The minimum Gasteiger partial charge on any atom is -0.474 e. The molecule has 1 aromatic carbocycles. The standard InChI is InChI=1S/C22H23F2N5O4S/c1-32-21(34)26-12-17-13-29(22(31)33-17)16-2-3-19(18(24)9-16)27-4-6-28(7-5-27)20(30)14-8-15(23)11-25-10-14/h2-3,8-11,17H,4-7,12-13H2,1H3,(H,26,34)/t17-/m0/s1. The molecule has 2 amide bonds. The van der Waals surface area contributed by atoms with Gasteiger partial charge in [-0.1, -0.05) is 0 Å². The van der Waals surface area contributed by atoms with Crippen molar-refractivity contribution in [3.63, 3.8) is 0 Å². The number of nitrogens with zero attached hydrogens (tertiary/aromatic N) is 4. The first-order chi connectivity index (χ1) is 16.4. The lowest BCUT2D eigenvalue weighted by atomic mass is 10.2. The van der Waals surface area contributed by atoms with Gasteiger partial charge in [0.15, 0.2) is 0 Å². The van der Waals surface area contributed by atoms with Crippen LogP contribution in [0.15, 0.2) is 36.7 Å². The summed E-state index contributed by atoms with van der Waals surface area (Å²) in [5.74, 6) is -1.37. The fourth-order valence-corrected chi connectivity index (χ4v) is 3.97. The van der Waals surface area contributed by atoms with Crippen LogP contribution in [0, 0.1) is 11.6 Å². The summed E-state index contributed by atoms with van der Waals surface area (Å²) in [4.78, 5) is 33.3. The molecular weight excluding hydrogens is 468 g/mol. The first-order valence-corrected chi connectivity index (χ1v) is 11.0. The molecule has 1 N–H and O–H groups in total. The van der Waals surface area contributed by atoms with E-state index in [0.29, 0.717) is 37.6 Å². The number of rotatable bonds is 5. The van der Waals surface area contributed by atoms with E-state index in [1.165, 1.54) is 24.3 Å². The fourth-order valence-electron chi connectivity index (χ4n) is 3.89. The molecule has 2 aliphatic rings. The molecule has 1 atom stereocenters. The molecule has 2 fully saturated rings. The van der Waals surface area contributed by atoms with E-state index in [1.54, 1.807) is 17.0 Å². The highest BCUT2D eigenvalue weighted by Gasteiger charge is 2.33. The highest BCUT2D eigenvalue weighted by atomic mass is 32.1. The number of thiocarbonyl (C=S) groups is 1. The lowest BCUT2D eigenvalue weighted by Gasteiger charge is -2.36. The third-order valence-electron chi connectivity index (χ3n) is 5.64. The molecule has 0 radical (unpaired) electrons. The van der Waals surface area contributed by atoms with Gasteiger partial charge in [0.25, 0.3) is 11.1 Å². The Balaban J connectivity index is 1.36. The number of halogens is 2. The second-order valence-electron chi connectivity index (χ2n) is 7.80. The van der Waals surface area contributed by atoms with Crippen LogP contribution in [0.1, 0.15) is 10.4 Å². The van der Waals surface area contributed by atoms with Gasteiger partial charge >= 0.3 is 6.09 Å². The van der Waals surface area contributed by atoms with Gasteiger partial charge in [-0.25, -0.2) is 13.6 Å². The second kappa shape index (κ2) is 10.2. The van der Waals surface area contributed by atoms with Crippen molar-refractivity contribution < 1.29 is 27.8 Å².